The van der Waals surface area contributed by atoms with Crippen molar-refractivity contribution < 1.29 is 9.00 Å². The van der Waals surface area contributed by atoms with Crippen LogP contribution in [0.15, 0.2) is 23.1 Å². The van der Waals surface area contributed by atoms with E-state index in [0.717, 1.165) is 5.56 Å². The zero-order valence-electron chi connectivity index (χ0n) is 8.11. The van der Waals surface area contributed by atoms with Crippen LogP contribution in [0.4, 0.5) is 0 Å². The summed E-state index contributed by atoms with van der Waals surface area (Å²) in [7, 11) is -1.29. The summed E-state index contributed by atoms with van der Waals surface area (Å²) in [5.74, 6) is -0.124. The Hall–Kier alpha value is -1.16. The summed E-state index contributed by atoms with van der Waals surface area (Å²) in [5, 5.41) is 0. The van der Waals surface area contributed by atoms with E-state index in [-0.39, 0.29) is 5.91 Å². The molecule has 0 saturated carbocycles. The quantitative estimate of drug-likeness (QED) is 0.702. The third-order valence-corrected chi connectivity index (χ3v) is 3.81. The maximum Gasteiger partial charge on any atom is 0.267 e. The minimum absolute atomic E-state index is 0.124. The number of fused-ring (bicyclic) bond motifs is 1. The van der Waals surface area contributed by atoms with Crippen LogP contribution in [0, 0.1) is 6.92 Å². The summed E-state index contributed by atoms with van der Waals surface area (Å²) in [6, 6.07) is 5.44. The molecule has 1 heterocycles. The van der Waals surface area contributed by atoms with Crippen molar-refractivity contribution in [3.63, 3.8) is 0 Å². The van der Waals surface area contributed by atoms with Gasteiger partial charge in [-0.25, -0.2) is 4.21 Å². The summed E-state index contributed by atoms with van der Waals surface area (Å²) in [4.78, 5) is 12.3. The van der Waals surface area contributed by atoms with Gasteiger partial charge in [-0.1, -0.05) is 6.07 Å². The second kappa shape index (κ2) is 3.20. The molecule has 4 heteroatoms. The molecule has 0 saturated heterocycles. The first-order chi connectivity index (χ1) is 6.65. The zero-order valence-corrected chi connectivity index (χ0v) is 8.93. The highest BCUT2D eigenvalue weighted by Gasteiger charge is 2.33. The monoisotopic (exact) mass is 209 g/mol. The molecule has 1 aliphatic rings. The van der Waals surface area contributed by atoms with Crippen LogP contribution in [-0.4, -0.2) is 21.0 Å². The molecule has 14 heavy (non-hydrogen) atoms. The van der Waals surface area contributed by atoms with Crippen LogP contribution in [0.3, 0.4) is 0 Å². The molecule has 1 aliphatic heterocycles. The minimum Gasteiger partial charge on any atom is -0.268 e. The predicted molar refractivity (Wildman–Crippen MR) is 54.3 cm³/mol. The van der Waals surface area contributed by atoms with Crippen molar-refractivity contribution in [2.75, 3.05) is 6.54 Å². The van der Waals surface area contributed by atoms with E-state index in [0.29, 0.717) is 17.0 Å². The van der Waals surface area contributed by atoms with E-state index in [2.05, 4.69) is 0 Å². The van der Waals surface area contributed by atoms with Gasteiger partial charge < -0.3 is 0 Å². The summed E-state index contributed by atoms with van der Waals surface area (Å²) >= 11 is 0. The molecule has 2 rings (SSSR count). The first-order valence-electron chi connectivity index (χ1n) is 4.49. The van der Waals surface area contributed by atoms with Crippen LogP contribution in [0.25, 0.3) is 0 Å². The van der Waals surface area contributed by atoms with Crippen molar-refractivity contribution in [2.45, 2.75) is 18.7 Å². The molecule has 3 nitrogen and oxygen atoms in total. The first kappa shape index (κ1) is 9.40. The number of carbonyl (C=O) groups is 1. The molecule has 74 valence electrons. The van der Waals surface area contributed by atoms with Gasteiger partial charge in [0, 0.05) is 6.54 Å². The lowest BCUT2D eigenvalue weighted by molar-refractivity contribution is 0.0879. The first-order valence-corrected chi connectivity index (χ1v) is 5.60. The zero-order chi connectivity index (χ0) is 10.3. The van der Waals surface area contributed by atoms with Gasteiger partial charge in [0.25, 0.3) is 5.91 Å². The molecule has 0 N–H and O–H groups in total. The summed E-state index contributed by atoms with van der Waals surface area (Å²) in [5.41, 5.74) is 1.61. The Morgan fingerprint density at radius 2 is 2.14 bits per heavy atom. The van der Waals surface area contributed by atoms with Crippen molar-refractivity contribution in [3.05, 3.63) is 29.3 Å². The maximum atomic E-state index is 11.8. The van der Waals surface area contributed by atoms with E-state index in [9.17, 15) is 9.00 Å². The van der Waals surface area contributed by atoms with E-state index >= 15 is 0 Å². The molecule has 1 unspecified atom stereocenters. The molecule has 1 aromatic rings. The molecule has 0 spiro atoms. The number of hydrogen-bond acceptors (Lipinski definition) is 2. The molecule has 0 fully saturated rings. The van der Waals surface area contributed by atoms with Crippen LogP contribution in [0.1, 0.15) is 22.8 Å². The fraction of sp³-hybridized carbons (Fsp3) is 0.300. The van der Waals surface area contributed by atoms with Crippen molar-refractivity contribution in [2.24, 2.45) is 0 Å². The lowest BCUT2D eigenvalue weighted by Crippen LogP contribution is -2.25. The van der Waals surface area contributed by atoms with Crippen LogP contribution < -0.4 is 0 Å². The molecule has 0 radical (unpaired) electrons. The lowest BCUT2D eigenvalue weighted by Gasteiger charge is -2.09. The van der Waals surface area contributed by atoms with Gasteiger partial charge in [0.15, 0.2) is 11.0 Å². The number of benzene rings is 1. The average molecular weight is 209 g/mol. The normalized spacial score (nSPS) is 20.0. The van der Waals surface area contributed by atoms with Gasteiger partial charge in [-0.05, 0) is 31.5 Å². The van der Waals surface area contributed by atoms with E-state index in [1.807, 2.05) is 26.0 Å². The standard InChI is InChI=1S/C10H11NO2S/c1-3-11-10(12)8-5-4-7(2)6-9(8)14(11)13/h4-6H,3H2,1-2H3. The van der Waals surface area contributed by atoms with Gasteiger partial charge in [0.2, 0.25) is 0 Å². The second-order valence-corrected chi connectivity index (χ2v) is 4.63. The van der Waals surface area contributed by atoms with Crippen LogP contribution >= 0.6 is 0 Å². The van der Waals surface area contributed by atoms with Gasteiger partial charge in [-0.2, -0.15) is 0 Å². The Morgan fingerprint density at radius 3 is 2.79 bits per heavy atom. The molecule has 1 amide bonds. The largest absolute Gasteiger partial charge is 0.268 e. The topological polar surface area (TPSA) is 37.4 Å². The van der Waals surface area contributed by atoms with E-state index in [1.165, 1.54) is 4.31 Å². The smallest absolute Gasteiger partial charge is 0.267 e. The minimum atomic E-state index is -1.29. The molecule has 1 atom stereocenters. The van der Waals surface area contributed by atoms with Crippen LogP contribution in [0.2, 0.25) is 0 Å². The van der Waals surface area contributed by atoms with Crippen molar-refractivity contribution >= 4 is 16.9 Å². The second-order valence-electron chi connectivity index (χ2n) is 3.25. The number of carbonyl (C=O) groups excluding carboxylic acids is 1. The molecule has 0 aliphatic carbocycles. The fourth-order valence-corrected chi connectivity index (χ4v) is 2.89. The van der Waals surface area contributed by atoms with Gasteiger partial charge >= 0.3 is 0 Å². The molecule has 1 aromatic carbocycles. The van der Waals surface area contributed by atoms with E-state index in [1.54, 1.807) is 6.07 Å². The number of aryl methyl sites for hydroxylation is 1. The molecule has 0 aromatic heterocycles. The Bertz CT molecular complexity index is 428. The molecule has 0 bridgehead atoms. The number of nitrogens with zero attached hydrogens (tertiary/aromatic N) is 1. The van der Waals surface area contributed by atoms with Crippen molar-refractivity contribution in [1.29, 1.82) is 0 Å². The van der Waals surface area contributed by atoms with Gasteiger partial charge in [-0.15, -0.1) is 0 Å². The Labute approximate surface area is 85.3 Å². The Balaban J connectivity index is 2.58. The molecular formula is C10H11NO2S. The molecular weight excluding hydrogens is 198 g/mol. The fourth-order valence-electron chi connectivity index (χ4n) is 1.54. The van der Waals surface area contributed by atoms with Gasteiger partial charge in [0.1, 0.15) is 0 Å². The van der Waals surface area contributed by atoms with Gasteiger partial charge in [-0.3, -0.25) is 9.10 Å². The summed E-state index contributed by atoms with van der Waals surface area (Å²) < 4.78 is 13.2. The number of amides is 1. The maximum absolute atomic E-state index is 11.8. The highest BCUT2D eigenvalue weighted by molar-refractivity contribution is 7.84. The van der Waals surface area contributed by atoms with E-state index < -0.39 is 11.0 Å². The van der Waals surface area contributed by atoms with Crippen molar-refractivity contribution in [3.8, 4) is 0 Å². The average Bonchev–Trinajstić information content (AvgIpc) is 2.39. The number of hydrogen-bond donors (Lipinski definition) is 0. The van der Waals surface area contributed by atoms with Crippen molar-refractivity contribution in [1.82, 2.24) is 4.31 Å². The summed E-state index contributed by atoms with van der Waals surface area (Å²) in [6.07, 6.45) is 0. The van der Waals surface area contributed by atoms with Gasteiger partial charge in [0.05, 0.1) is 10.5 Å². The predicted octanol–water partition coefficient (Wildman–Crippen LogP) is 1.49. The summed E-state index contributed by atoms with van der Waals surface area (Å²) in [6.45, 7) is 4.24. The highest BCUT2D eigenvalue weighted by atomic mass is 32.2. The van der Waals surface area contributed by atoms with Crippen LogP contribution in [-0.2, 0) is 11.0 Å². The SMILES string of the molecule is CCN1C(=O)c2ccc(C)cc2S1=O. The number of rotatable bonds is 1. The third-order valence-electron chi connectivity index (χ3n) is 2.27. The highest BCUT2D eigenvalue weighted by Crippen LogP contribution is 2.27. The van der Waals surface area contributed by atoms with E-state index in [4.69, 9.17) is 0 Å². The van der Waals surface area contributed by atoms with Crippen LogP contribution in [0.5, 0.6) is 0 Å². The Kier molecular flexibility index (Phi) is 2.15. The third kappa shape index (κ3) is 1.18. The Morgan fingerprint density at radius 1 is 1.43 bits per heavy atom. The lowest BCUT2D eigenvalue weighted by atomic mass is 10.1.